The first-order chi connectivity index (χ1) is 12.0. The molecule has 2 heterocycles. The quantitative estimate of drug-likeness (QED) is 0.740. The maximum absolute atomic E-state index is 12.2. The molecule has 0 aliphatic carbocycles. The lowest BCUT2D eigenvalue weighted by Crippen LogP contribution is -2.18. The Labute approximate surface area is 146 Å². The van der Waals surface area contributed by atoms with Gasteiger partial charge in [0.15, 0.2) is 0 Å². The van der Waals surface area contributed by atoms with Crippen molar-refractivity contribution < 1.29 is 0 Å². The lowest BCUT2D eigenvalue weighted by Gasteiger charge is -2.16. The zero-order chi connectivity index (χ0) is 18.0. The Morgan fingerprint density at radius 1 is 1.00 bits per heavy atom. The molecular weight excluding hydrogens is 312 g/mol. The molecular formula is C20H18N4O. The second-order valence-electron chi connectivity index (χ2n) is 5.98. The largest absolute Gasteiger partial charge is 0.363 e. The summed E-state index contributed by atoms with van der Waals surface area (Å²) in [4.78, 5) is 18.5. The van der Waals surface area contributed by atoms with Gasteiger partial charge in [-0.2, -0.15) is 5.26 Å². The summed E-state index contributed by atoms with van der Waals surface area (Å²) in [5, 5.41) is 8.98. The van der Waals surface area contributed by atoms with Crippen molar-refractivity contribution in [2.24, 2.45) is 7.05 Å². The number of pyridine rings is 2. The number of hydrogen-bond donors (Lipinski definition) is 0. The van der Waals surface area contributed by atoms with Crippen LogP contribution in [0, 0.1) is 11.3 Å². The molecule has 0 unspecified atom stereocenters. The predicted octanol–water partition coefficient (Wildman–Crippen LogP) is 3.05. The first-order valence-electron chi connectivity index (χ1n) is 7.85. The number of benzene rings is 1. The molecule has 0 atom stereocenters. The Morgan fingerprint density at radius 3 is 2.24 bits per heavy atom. The highest BCUT2D eigenvalue weighted by Crippen LogP contribution is 2.31. The number of nitriles is 1. The fourth-order valence-corrected chi connectivity index (χ4v) is 2.73. The van der Waals surface area contributed by atoms with Crippen LogP contribution >= 0.6 is 0 Å². The first-order valence-corrected chi connectivity index (χ1v) is 7.85. The van der Waals surface area contributed by atoms with Crippen LogP contribution in [0.3, 0.4) is 0 Å². The summed E-state index contributed by atoms with van der Waals surface area (Å²) in [7, 11) is 5.62. The average Bonchev–Trinajstić information content (AvgIpc) is 2.64. The smallest absolute Gasteiger partial charge is 0.250 e. The summed E-state index contributed by atoms with van der Waals surface area (Å²) in [6, 6.07) is 16.7. The third-order valence-electron chi connectivity index (χ3n) is 4.12. The molecule has 0 bridgehead atoms. The van der Waals surface area contributed by atoms with Gasteiger partial charge in [0, 0.05) is 44.5 Å². The van der Waals surface area contributed by atoms with Gasteiger partial charge in [0.1, 0.15) is 5.82 Å². The molecule has 1 aromatic carbocycles. The Morgan fingerprint density at radius 2 is 1.68 bits per heavy atom. The number of aromatic nitrogens is 2. The lowest BCUT2D eigenvalue weighted by molar-refractivity contribution is 0.871. The Kier molecular flexibility index (Phi) is 4.36. The van der Waals surface area contributed by atoms with Gasteiger partial charge in [-0.1, -0.05) is 12.1 Å². The molecule has 5 nitrogen and oxygen atoms in total. The second kappa shape index (κ2) is 6.62. The van der Waals surface area contributed by atoms with Crippen molar-refractivity contribution >= 4 is 5.82 Å². The van der Waals surface area contributed by atoms with E-state index in [1.54, 1.807) is 36.0 Å². The fourth-order valence-electron chi connectivity index (χ4n) is 2.73. The zero-order valence-corrected chi connectivity index (χ0v) is 14.4. The molecule has 2 aromatic heterocycles. The first kappa shape index (κ1) is 16.5. The van der Waals surface area contributed by atoms with E-state index in [1.807, 2.05) is 49.3 Å². The molecule has 3 rings (SSSR count). The Bertz CT molecular complexity index is 994. The van der Waals surface area contributed by atoms with Crippen molar-refractivity contribution in [1.29, 1.82) is 5.26 Å². The lowest BCUT2D eigenvalue weighted by atomic mass is 9.99. The maximum Gasteiger partial charge on any atom is 0.250 e. The molecule has 0 saturated carbocycles. The van der Waals surface area contributed by atoms with Crippen LogP contribution in [-0.2, 0) is 7.05 Å². The van der Waals surface area contributed by atoms with Crippen LogP contribution in [0.5, 0.6) is 0 Å². The van der Waals surface area contributed by atoms with Gasteiger partial charge in [0.05, 0.1) is 17.3 Å². The van der Waals surface area contributed by atoms with Gasteiger partial charge in [0.25, 0.3) is 5.56 Å². The SMILES string of the molecule is CN(C)c1ccc(-c2c(-c3ccc(C#N)cc3)ccc(=O)n2C)cn1. The van der Waals surface area contributed by atoms with Crippen LogP contribution in [-0.4, -0.2) is 23.6 Å². The van der Waals surface area contributed by atoms with Crippen molar-refractivity contribution in [3.05, 3.63) is 70.6 Å². The van der Waals surface area contributed by atoms with E-state index in [9.17, 15) is 4.79 Å². The maximum atomic E-state index is 12.2. The summed E-state index contributed by atoms with van der Waals surface area (Å²) in [5.41, 5.74) is 4.06. The minimum Gasteiger partial charge on any atom is -0.363 e. The number of nitrogens with zero attached hydrogens (tertiary/aromatic N) is 4. The monoisotopic (exact) mass is 330 g/mol. The molecule has 0 fully saturated rings. The van der Waals surface area contributed by atoms with Crippen molar-refractivity contribution in [1.82, 2.24) is 9.55 Å². The highest BCUT2D eigenvalue weighted by Gasteiger charge is 2.13. The van der Waals surface area contributed by atoms with Gasteiger partial charge in [-0.25, -0.2) is 4.98 Å². The minimum absolute atomic E-state index is 0.0796. The van der Waals surface area contributed by atoms with E-state index >= 15 is 0 Å². The minimum atomic E-state index is -0.0796. The molecule has 0 saturated heterocycles. The normalized spacial score (nSPS) is 10.3. The molecule has 3 aromatic rings. The molecule has 0 amide bonds. The average molecular weight is 330 g/mol. The van der Waals surface area contributed by atoms with Gasteiger partial charge in [-0.3, -0.25) is 4.79 Å². The van der Waals surface area contributed by atoms with Crippen molar-refractivity contribution in [2.45, 2.75) is 0 Å². The molecule has 0 N–H and O–H groups in total. The Balaban J connectivity index is 2.19. The van der Waals surface area contributed by atoms with Crippen molar-refractivity contribution in [2.75, 3.05) is 19.0 Å². The van der Waals surface area contributed by atoms with E-state index in [1.165, 1.54) is 0 Å². The van der Waals surface area contributed by atoms with E-state index in [0.717, 1.165) is 28.2 Å². The van der Waals surface area contributed by atoms with E-state index < -0.39 is 0 Å². The van der Waals surface area contributed by atoms with Gasteiger partial charge < -0.3 is 9.47 Å². The standard InChI is InChI=1S/C20H18N4O/c1-23(2)18-10-8-16(13-22-18)20-17(9-11-19(25)24(20)3)15-6-4-14(12-21)5-7-15/h4-11,13H,1-3H3. The van der Waals surface area contributed by atoms with Crippen LogP contribution in [0.2, 0.25) is 0 Å². The zero-order valence-electron chi connectivity index (χ0n) is 14.4. The van der Waals surface area contributed by atoms with Crippen molar-refractivity contribution in [3.63, 3.8) is 0 Å². The number of anilines is 1. The van der Waals surface area contributed by atoms with Gasteiger partial charge in [-0.15, -0.1) is 0 Å². The molecule has 0 aliphatic heterocycles. The summed E-state index contributed by atoms with van der Waals surface area (Å²) >= 11 is 0. The third kappa shape index (κ3) is 3.15. The molecule has 0 radical (unpaired) electrons. The van der Waals surface area contributed by atoms with Crippen LogP contribution in [0.4, 0.5) is 5.82 Å². The predicted molar refractivity (Wildman–Crippen MR) is 99.4 cm³/mol. The third-order valence-corrected chi connectivity index (χ3v) is 4.12. The van der Waals surface area contributed by atoms with Crippen LogP contribution < -0.4 is 10.5 Å². The topological polar surface area (TPSA) is 61.9 Å². The summed E-state index contributed by atoms with van der Waals surface area (Å²) in [6.45, 7) is 0. The molecule has 0 aliphatic rings. The van der Waals surface area contributed by atoms with Gasteiger partial charge >= 0.3 is 0 Å². The van der Waals surface area contributed by atoms with E-state index in [4.69, 9.17) is 5.26 Å². The number of rotatable bonds is 3. The summed E-state index contributed by atoms with van der Waals surface area (Å²) < 4.78 is 1.62. The van der Waals surface area contributed by atoms with Crippen molar-refractivity contribution in [3.8, 4) is 28.5 Å². The van der Waals surface area contributed by atoms with E-state index in [-0.39, 0.29) is 5.56 Å². The van der Waals surface area contributed by atoms with E-state index in [2.05, 4.69) is 11.1 Å². The second-order valence-corrected chi connectivity index (χ2v) is 5.98. The van der Waals surface area contributed by atoms with Gasteiger partial charge in [-0.05, 0) is 35.9 Å². The number of hydrogen-bond acceptors (Lipinski definition) is 4. The molecule has 0 spiro atoms. The summed E-state index contributed by atoms with van der Waals surface area (Å²) in [5.74, 6) is 0.851. The highest BCUT2D eigenvalue weighted by molar-refractivity contribution is 5.81. The molecule has 25 heavy (non-hydrogen) atoms. The Hall–Kier alpha value is -3.39. The van der Waals surface area contributed by atoms with Crippen LogP contribution in [0.15, 0.2) is 59.5 Å². The van der Waals surface area contributed by atoms with E-state index in [0.29, 0.717) is 5.56 Å². The molecule has 124 valence electrons. The molecule has 5 heteroatoms. The fraction of sp³-hybridized carbons (Fsp3) is 0.150. The van der Waals surface area contributed by atoms with Gasteiger partial charge in [0.2, 0.25) is 0 Å². The summed E-state index contributed by atoms with van der Waals surface area (Å²) in [6.07, 6.45) is 1.78. The van der Waals surface area contributed by atoms with Crippen LogP contribution in [0.1, 0.15) is 5.56 Å². The van der Waals surface area contributed by atoms with Crippen LogP contribution in [0.25, 0.3) is 22.4 Å². The highest BCUT2D eigenvalue weighted by atomic mass is 16.1.